The van der Waals surface area contributed by atoms with Crippen molar-refractivity contribution in [3.8, 4) is 5.75 Å². The molecule has 1 rings (SSSR count). The smallest absolute Gasteiger partial charge is 0.120 e. The van der Waals surface area contributed by atoms with E-state index in [-0.39, 0.29) is 0 Å². The molecule has 1 aromatic carbocycles. The Labute approximate surface area is 97.9 Å². The van der Waals surface area contributed by atoms with E-state index in [4.69, 9.17) is 9.47 Å². The van der Waals surface area contributed by atoms with Gasteiger partial charge in [-0.25, -0.2) is 0 Å². The third kappa shape index (κ3) is 4.99. The van der Waals surface area contributed by atoms with E-state index in [2.05, 4.69) is 19.1 Å². The molecule has 0 heterocycles. The minimum absolute atomic E-state index is 0.610. The van der Waals surface area contributed by atoms with E-state index >= 15 is 0 Å². The van der Waals surface area contributed by atoms with Crippen LogP contribution in [0.5, 0.6) is 5.75 Å². The number of allylic oxidation sites excluding steroid dienone is 1. The third-order valence-electron chi connectivity index (χ3n) is 2.06. The SMILES string of the molecule is CC=Cc1cccc(OCCOCCC)c1. The average Bonchev–Trinajstić information content (AvgIpc) is 2.30. The molecule has 2 nitrogen and oxygen atoms in total. The van der Waals surface area contributed by atoms with E-state index in [1.807, 2.05) is 31.2 Å². The molecule has 88 valence electrons. The molecule has 0 atom stereocenters. The van der Waals surface area contributed by atoms with Crippen molar-refractivity contribution >= 4 is 6.08 Å². The monoisotopic (exact) mass is 220 g/mol. The second-order valence-electron chi connectivity index (χ2n) is 3.53. The molecule has 0 spiro atoms. The number of hydrogen-bond donors (Lipinski definition) is 0. The molecule has 0 aromatic heterocycles. The van der Waals surface area contributed by atoms with Crippen LogP contribution >= 0.6 is 0 Å². The van der Waals surface area contributed by atoms with Gasteiger partial charge in [0.1, 0.15) is 12.4 Å². The maximum atomic E-state index is 5.58. The second-order valence-corrected chi connectivity index (χ2v) is 3.53. The first-order chi connectivity index (χ1) is 7.86. The molecule has 0 amide bonds. The summed E-state index contributed by atoms with van der Waals surface area (Å²) in [6, 6.07) is 8.05. The lowest BCUT2D eigenvalue weighted by molar-refractivity contribution is 0.101. The van der Waals surface area contributed by atoms with Gasteiger partial charge in [0.2, 0.25) is 0 Å². The van der Waals surface area contributed by atoms with Crippen molar-refractivity contribution in [2.45, 2.75) is 20.3 Å². The molecule has 0 radical (unpaired) electrons. The summed E-state index contributed by atoms with van der Waals surface area (Å²) in [7, 11) is 0. The Balaban J connectivity index is 2.33. The summed E-state index contributed by atoms with van der Waals surface area (Å²) in [6.45, 7) is 6.18. The zero-order chi connectivity index (χ0) is 11.6. The first-order valence-corrected chi connectivity index (χ1v) is 5.80. The van der Waals surface area contributed by atoms with Crippen molar-refractivity contribution in [3.05, 3.63) is 35.9 Å². The summed E-state index contributed by atoms with van der Waals surface area (Å²) in [5.74, 6) is 0.899. The molecule has 0 bridgehead atoms. The molecule has 2 heteroatoms. The van der Waals surface area contributed by atoms with Gasteiger partial charge in [-0.15, -0.1) is 0 Å². The minimum Gasteiger partial charge on any atom is -0.491 e. The molecule has 0 aliphatic carbocycles. The molecule has 0 fully saturated rings. The van der Waals surface area contributed by atoms with E-state index < -0.39 is 0 Å². The fourth-order valence-corrected chi connectivity index (χ4v) is 1.37. The highest BCUT2D eigenvalue weighted by atomic mass is 16.5. The van der Waals surface area contributed by atoms with E-state index in [1.54, 1.807) is 0 Å². The predicted octanol–water partition coefficient (Wildman–Crippen LogP) is 3.53. The van der Waals surface area contributed by atoms with Crippen LogP contribution in [-0.4, -0.2) is 19.8 Å². The Hall–Kier alpha value is -1.28. The zero-order valence-electron chi connectivity index (χ0n) is 10.1. The van der Waals surface area contributed by atoms with Gasteiger partial charge in [-0.1, -0.05) is 31.2 Å². The van der Waals surface area contributed by atoms with E-state index in [9.17, 15) is 0 Å². The fraction of sp³-hybridized carbons (Fsp3) is 0.429. The van der Waals surface area contributed by atoms with Crippen LogP contribution in [0.15, 0.2) is 30.3 Å². The van der Waals surface area contributed by atoms with Crippen molar-refractivity contribution < 1.29 is 9.47 Å². The van der Waals surface area contributed by atoms with E-state index in [0.29, 0.717) is 13.2 Å². The highest BCUT2D eigenvalue weighted by Crippen LogP contribution is 2.14. The summed E-state index contributed by atoms with van der Waals surface area (Å²) < 4.78 is 10.9. The Kier molecular flexibility index (Phi) is 6.35. The molecule has 0 aliphatic rings. The third-order valence-corrected chi connectivity index (χ3v) is 2.06. The lowest BCUT2D eigenvalue weighted by Crippen LogP contribution is -2.07. The van der Waals surface area contributed by atoms with Gasteiger partial charge in [0.25, 0.3) is 0 Å². The maximum absolute atomic E-state index is 5.58. The summed E-state index contributed by atoms with van der Waals surface area (Å²) in [5, 5.41) is 0. The van der Waals surface area contributed by atoms with Crippen molar-refractivity contribution in [2.75, 3.05) is 19.8 Å². The van der Waals surface area contributed by atoms with Gasteiger partial charge < -0.3 is 9.47 Å². The molecule has 0 aliphatic heterocycles. The summed E-state index contributed by atoms with van der Waals surface area (Å²) in [4.78, 5) is 0. The van der Waals surface area contributed by atoms with Crippen LogP contribution in [-0.2, 0) is 4.74 Å². The van der Waals surface area contributed by atoms with Crippen LogP contribution in [0.1, 0.15) is 25.8 Å². The highest BCUT2D eigenvalue weighted by molar-refractivity contribution is 5.51. The predicted molar refractivity (Wildman–Crippen MR) is 67.8 cm³/mol. The van der Waals surface area contributed by atoms with Crippen molar-refractivity contribution in [2.24, 2.45) is 0 Å². The second kappa shape index (κ2) is 7.94. The summed E-state index contributed by atoms with van der Waals surface area (Å²) in [6.07, 6.45) is 5.13. The first-order valence-electron chi connectivity index (χ1n) is 5.80. The topological polar surface area (TPSA) is 18.5 Å². The van der Waals surface area contributed by atoms with Crippen molar-refractivity contribution in [3.63, 3.8) is 0 Å². The normalized spacial score (nSPS) is 10.9. The molecule has 16 heavy (non-hydrogen) atoms. The van der Waals surface area contributed by atoms with Gasteiger partial charge in [0.05, 0.1) is 6.61 Å². The lowest BCUT2D eigenvalue weighted by atomic mass is 10.2. The number of hydrogen-bond acceptors (Lipinski definition) is 2. The number of benzene rings is 1. The van der Waals surface area contributed by atoms with Crippen molar-refractivity contribution in [1.82, 2.24) is 0 Å². The molecule has 0 N–H and O–H groups in total. The van der Waals surface area contributed by atoms with Gasteiger partial charge in [-0.3, -0.25) is 0 Å². The minimum atomic E-state index is 0.610. The summed E-state index contributed by atoms with van der Waals surface area (Å²) in [5.41, 5.74) is 1.16. The molecule has 0 unspecified atom stereocenters. The van der Waals surface area contributed by atoms with E-state index in [1.165, 1.54) is 0 Å². The van der Waals surface area contributed by atoms with Crippen LogP contribution in [0.4, 0.5) is 0 Å². The Morgan fingerprint density at radius 1 is 1.19 bits per heavy atom. The van der Waals surface area contributed by atoms with Gasteiger partial charge in [-0.2, -0.15) is 0 Å². The summed E-state index contributed by atoms with van der Waals surface area (Å²) >= 11 is 0. The molecule has 0 saturated carbocycles. The average molecular weight is 220 g/mol. The maximum Gasteiger partial charge on any atom is 0.120 e. The van der Waals surface area contributed by atoms with Gasteiger partial charge in [-0.05, 0) is 31.0 Å². The highest BCUT2D eigenvalue weighted by Gasteiger charge is 1.94. The molecular weight excluding hydrogens is 200 g/mol. The largest absolute Gasteiger partial charge is 0.491 e. The van der Waals surface area contributed by atoms with Crippen LogP contribution in [0.2, 0.25) is 0 Å². The molecular formula is C14H20O2. The Bertz CT molecular complexity index is 318. The quantitative estimate of drug-likeness (QED) is 0.654. The number of ether oxygens (including phenoxy) is 2. The van der Waals surface area contributed by atoms with Crippen LogP contribution < -0.4 is 4.74 Å². The number of rotatable bonds is 7. The van der Waals surface area contributed by atoms with Gasteiger partial charge >= 0.3 is 0 Å². The van der Waals surface area contributed by atoms with Crippen molar-refractivity contribution in [1.29, 1.82) is 0 Å². The zero-order valence-corrected chi connectivity index (χ0v) is 10.1. The molecule has 0 saturated heterocycles. The fourth-order valence-electron chi connectivity index (χ4n) is 1.37. The van der Waals surface area contributed by atoms with Crippen LogP contribution in [0, 0.1) is 0 Å². The Morgan fingerprint density at radius 2 is 2.06 bits per heavy atom. The molecule has 1 aromatic rings. The van der Waals surface area contributed by atoms with Gasteiger partial charge in [0.15, 0.2) is 0 Å². The standard InChI is InChI=1S/C14H20O2/c1-3-6-13-7-5-8-14(12-13)16-11-10-15-9-4-2/h3,5-8,12H,4,9-11H2,1-2H3. The Morgan fingerprint density at radius 3 is 2.81 bits per heavy atom. The van der Waals surface area contributed by atoms with Crippen LogP contribution in [0.25, 0.3) is 6.08 Å². The first kappa shape index (κ1) is 12.8. The van der Waals surface area contributed by atoms with Crippen LogP contribution in [0.3, 0.4) is 0 Å². The lowest BCUT2D eigenvalue weighted by Gasteiger charge is -2.07. The van der Waals surface area contributed by atoms with E-state index in [0.717, 1.165) is 24.3 Å². The van der Waals surface area contributed by atoms with Gasteiger partial charge in [0, 0.05) is 6.61 Å².